The van der Waals surface area contributed by atoms with E-state index in [4.69, 9.17) is 32.6 Å². The van der Waals surface area contributed by atoms with E-state index in [0.717, 1.165) is 6.08 Å². The van der Waals surface area contributed by atoms with Gasteiger partial charge in [-0.15, -0.1) is 0 Å². The molecule has 192 valence electrons. The highest BCUT2D eigenvalue weighted by atomic mass is 28.4. The molecule has 1 rings (SSSR count). The number of amides is 1. The summed E-state index contributed by atoms with van der Waals surface area (Å²) in [6.07, 6.45) is 3.16. The number of alkyl carbamates (subject to hydrolysis) is 1. The van der Waals surface area contributed by atoms with Crippen molar-refractivity contribution in [1.29, 1.82) is 0 Å². The molecule has 0 aliphatic rings. The second-order valence-corrected chi connectivity index (χ2v) is 9.66. The van der Waals surface area contributed by atoms with Crippen LogP contribution in [0, 0.1) is 0 Å². The van der Waals surface area contributed by atoms with Gasteiger partial charge in [0.1, 0.15) is 0 Å². The number of carbonyl (C=O) groups excluding carboxylic acids is 1. The summed E-state index contributed by atoms with van der Waals surface area (Å²) in [4.78, 5) is 22.5. The molecule has 11 heteroatoms. The second kappa shape index (κ2) is 16.9. The van der Waals surface area contributed by atoms with Crippen LogP contribution >= 0.6 is 0 Å². The Hall–Kier alpha value is -2.60. The Bertz CT molecular complexity index is 756. The van der Waals surface area contributed by atoms with E-state index in [1.165, 1.54) is 13.2 Å². The highest BCUT2D eigenvalue weighted by Gasteiger charge is 2.39. The summed E-state index contributed by atoms with van der Waals surface area (Å²) >= 11 is 0. The van der Waals surface area contributed by atoms with Gasteiger partial charge in [0.2, 0.25) is 0 Å². The molecule has 0 fully saturated rings. The summed E-state index contributed by atoms with van der Waals surface area (Å²) in [5, 5.41) is 11.4. The molecule has 10 nitrogen and oxygen atoms in total. The summed E-state index contributed by atoms with van der Waals surface area (Å²) in [6.45, 7) is 8.21. The Labute approximate surface area is 202 Å². The Kier molecular flexibility index (Phi) is 14.6. The first-order valence-electron chi connectivity index (χ1n) is 11.4. The molecule has 0 aliphatic carbocycles. The van der Waals surface area contributed by atoms with Gasteiger partial charge < -0.3 is 37.9 Å². The lowest BCUT2D eigenvalue weighted by Gasteiger charge is -2.28. The zero-order valence-corrected chi connectivity index (χ0v) is 21.5. The summed E-state index contributed by atoms with van der Waals surface area (Å²) in [6, 6.07) is 5.72. The third kappa shape index (κ3) is 11.5. The molecule has 34 heavy (non-hydrogen) atoms. The molecular formula is C23H37NO9Si. The summed E-state index contributed by atoms with van der Waals surface area (Å²) in [5.41, 5.74) is 0.676. The minimum Gasteiger partial charge on any atom is -0.493 e. The topological polar surface area (TPSA) is 122 Å². The van der Waals surface area contributed by atoms with Gasteiger partial charge in [0.05, 0.1) is 20.3 Å². The van der Waals surface area contributed by atoms with E-state index in [9.17, 15) is 9.59 Å². The monoisotopic (exact) mass is 499 g/mol. The molecule has 0 saturated carbocycles. The van der Waals surface area contributed by atoms with Crippen LogP contribution in [0.15, 0.2) is 24.3 Å². The molecule has 1 amide bonds. The predicted molar refractivity (Wildman–Crippen MR) is 129 cm³/mol. The largest absolute Gasteiger partial charge is 0.500 e. The Morgan fingerprint density at radius 2 is 1.68 bits per heavy atom. The second-order valence-electron chi connectivity index (χ2n) is 6.93. The number of carboxylic acids is 1. The molecule has 1 aromatic rings. The summed E-state index contributed by atoms with van der Waals surface area (Å²) < 4.78 is 33.5. The maximum Gasteiger partial charge on any atom is 0.500 e. The van der Waals surface area contributed by atoms with Crippen molar-refractivity contribution in [2.75, 3.05) is 46.7 Å². The minimum atomic E-state index is -2.71. The highest BCUT2D eigenvalue weighted by molar-refractivity contribution is 6.60. The molecule has 1 aromatic carbocycles. The first-order valence-corrected chi connectivity index (χ1v) is 13.4. The molecule has 0 saturated heterocycles. The van der Waals surface area contributed by atoms with E-state index >= 15 is 0 Å². The van der Waals surface area contributed by atoms with E-state index in [2.05, 4.69) is 5.32 Å². The Balaban J connectivity index is 2.32. The lowest BCUT2D eigenvalue weighted by Crippen LogP contribution is -2.46. The van der Waals surface area contributed by atoms with E-state index in [1.54, 1.807) is 18.2 Å². The van der Waals surface area contributed by atoms with E-state index < -0.39 is 20.9 Å². The lowest BCUT2D eigenvalue weighted by atomic mass is 10.2. The zero-order valence-electron chi connectivity index (χ0n) is 20.5. The fourth-order valence-corrected chi connectivity index (χ4v) is 5.64. The molecule has 0 heterocycles. The number of carbonyl (C=O) groups is 2. The molecule has 0 radical (unpaired) electrons. The van der Waals surface area contributed by atoms with Crippen molar-refractivity contribution in [3.8, 4) is 11.5 Å². The van der Waals surface area contributed by atoms with Crippen molar-refractivity contribution in [3.05, 3.63) is 29.8 Å². The average molecular weight is 500 g/mol. The number of rotatable bonds is 18. The number of methoxy groups -OCH3 is 1. The van der Waals surface area contributed by atoms with Gasteiger partial charge in [0, 0.05) is 44.9 Å². The molecule has 0 aromatic heterocycles. The number of aliphatic carboxylic acids is 1. The van der Waals surface area contributed by atoms with Crippen molar-refractivity contribution >= 4 is 26.9 Å². The molecule has 0 bridgehead atoms. The molecule has 0 unspecified atom stereocenters. The first-order chi connectivity index (χ1) is 16.4. The van der Waals surface area contributed by atoms with Gasteiger partial charge in [-0.25, -0.2) is 9.59 Å². The molecule has 0 aliphatic heterocycles. The summed E-state index contributed by atoms with van der Waals surface area (Å²) in [5.74, 6) is -0.0261. The quantitative estimate of drug-likeness (QED) is 0.177. The van der Waals surface area contributed by atoms with Gasteiger partial charge in [0.25, 0.3) is 0 Å². The Morgan fingerprint density at radius 1 is 1.00 bits per heavy atom. The van der Waals surface area contributed by atoms with Crippen LogP contribution in [0.4, 0.5) is 4.79 Å². The third-order valence-corrected chi connectivity index (χ3v) is 7.56. The van der Waals surface area contributed by atoms with Crippen molar-refractivity contribution in [2.24, 2.45) is 0 Å². The van der Waals surface area contributed by atoms with Crippen LogP contribution in [0.3, 0.4) is 0 Å². The summed E-state index contributed by atoms with van der Waals surface area (Å²) in [7, 11) is -1.20. The fraction of sp³-hybridized carbons (Fsp3) is 0.565. The average Bonchev–Trinajstić information content (AvgIpc) is 2.81. The molecule has 0 spiro atoms. The maximum atomic E-state index is 11.9. The minimum absolute atomic E-state index is 0.198. The molecule has 0 atom stereocenters. The van der Waals surface area contributed by atoms with E-state index in [1.807, 2.05) is 20.8 Å². The third-order valence-electron chi connectivity index (χ3n) is 4.41. The van der Waals surface area contributed by atoms with Crippen LogP contribution < -0.4 is 14.8 Å². The number of benzene rings is 1. The standard InChI is InChI=1S/C23H37NO9Si/c1-5-31-34(32-6-2,33-7-3)17-8-14-24-23(27)30-16-9-15-29-20-12-10-19(11-13-22(25)26)18-21(20)28-4/h10-13,18H,5-9,14-17H2,1-4H3,(H,24,27)(H,25,26). The first kappa shape index (κ1) is 29.4. The van der Waals surface area contributed by atoms with Crippen molar-refractivity contribution in [3.63, 3.8) is 0 Å². The molecular weight excluding hydrogens is 462 g/mol. The number of hydrogen-bond donors (Lipinski definition) is 2. The van der Waals surface area contributed by atoms with Gasteiger partial charge in [-0.1, -0.05) is 6.07 Å². The highest BCUT2D eigenvalue weighted by Crippen LogP contribution is 2.28. The molecule has 2 N–H and O–H groups in total. The number of ether oxygens (including phenoxy) is 3. The van der Waals surface area contributed by atoms with Crippen LogP contribution in [-0.4, -0.2) is 72.7 Å². The van der Waals surface area contributed by atoms with Gasteiger partial charge in [-0.2, -0.15) is 0 Å². The van der Waals surface area contributed by atoms with Crippen LogP contribution in [0.25, 0.3) is 6.08 Å². The van der Waals surface area contributed by atoms with Crippen LogP contribution in [-0.2, 0) is 22.8 Å². The van der Waals surface area contributed by atoms with Crippen molar-refractivity contribution in [2.45, 2.75) is 39.7 Å². The van der Waals surface area contributed by atoms with Crippen LogP contribution in [0.1, 0.15) is 39.2 Å². The van der Waals surface area contributed by atoms with Crippen molar-refractivity contribution < 1.29 is 42.2 Å². The van der Waals surface area contributed by atoms with E-state index in [-0.39, 0.29) is 6.61 Å². The van der Waals surface area contributed by atoms with Gasteiger partial charge in [0.15, 0.2) is 11.5 Å². The van der Waals surface area contributed by atoms with Gasteiger partial charge in [-0.05, 0) is 51.0 Å². The SMILES string of the molecule is CCO[Si](CCCNC(=O)OCCCOc1ccc(C=CC(=O)O)cc1OC)(OCC)OCC. The fourth-order valence-electron chi connectivity index (χ4n) is 3.03. The number of hydrogen-bond acceptors (Lipinski definition) is 8. The van der Waals surface area contributed by atoms with Gasteiger partial charge in [-0.3, -0.25) is 0 Å². The Morgan fingerprint density at radius 3 is 2.26 bits per heavy atom. The van der Waals surface area contributed by atoms with E-state index in [0.29, 0.717) is 68.9 Å². The van der Waals surface area contributed by atoms with Crippen LogP contribution in [0.2, 0.25) is 6.04 Å². The van der Waals surface area contributed by atoms with Crippen molar-refractivity contribution in [1.82, 2.24) is 5.32 Å². The number of nitrogens with one attached hydrogen (secondary N) is 1. The lowest BCUT2D eigenvalue weighted by molar-refractivity contribution is -0.131. The predicted octanol–water partition coefficient (Wildman–Crippen LogP) is 3.73. The maximum absolute atomic E-state index is 11.9. The van der Waals surface area contributed by atoms with Gasteiger partial charge >= 0.3 is 20.9 Å². The number of carboxylic acid groups (broad SMARTS) is 1. The van der Waals surface area contributed by atoms with Crippen LogP contribution in [0.5, 0.6) is 11.5 Å². The zero-order chi connectivity index (χ0) is 25.2. The smallest absolute Gasteiger partial charge is 0.493 e. The normalized spacial score (nSPS) is 11.4.